The lowest BCUT2D eigenvalue weighted by molar-refractivity contribution is 0.0528. The molecular formula is C24H23FN4O3. The minimum Gasteiger partial charge on any atom is -0.462 e. The van der Waals surface area contributed by atoms with Crippen molar-refractivity contribution in [3.63, 3.8) is 0 Å². The Hall–Kier alpha value is -3.78. The first-order valence-electron chi connectivity index (χ1n) is 10.3. The first-order valence-corrected chi connectivity index (χ1v) is 10.3. The van der Waals surface area contributed by atoms with Crippen molar-refractivity contribution in [2.75, 3.05) is 13.7 Å². The number of carbonyl (C=O) groups is 1. The lowest BCUT2D eigenvalue weighted by Gasteiger charge is -2.29. The second-order valence-corrected chi connectivity index (χ2v) is 7.43. The fourth-order valence-corrected chi connectivity index (χ4v) is 3.80. The van der Waals surface area contributed by atoms with Crippen LogP contribution in [0.3, 0.4) is 0 Å². The quantitative estimate of drug-likeness (QED) is 0.450. The molecule has 0 bridgehead atoms. The molecule has 2 heterocycles. The molecule has 4 aromatic rings. The van der Waals surface area contributed by atoms with E-state index in [1.54, 1.807) is 19.1 Å². The zero-order chi connectivity index (χ0) is 22.7. The number of aromatic amines is 1. The van der Waals surface area contributed by atoms with Gasteiger partial charge in [-0.15, -0.1) is 0 Å². The highest BCUT2D eigenvalue weighted by Crippen LogP contribution is 2.28. The molecule has 0 aliphatic carbocycles. The Morgan fingerprint density at radius 3 is 2.53 bits per heavy atom. The maximum Gasteiger partial charge on any atom is 0.343 e. The number of rotatable bonds is 7. The zero-order valence-corrected chi connectivity index (χ0v) is 17.8. The molecule has 7 nitrogen and oxygen atoms in total. The van der Waals surface area contributed by atoms with E-state index < -0.39 is 5.97 Å². The average Bonchev–Trinajstić information content (AvgIpc) is 3.21. The van der Waals surface area contributed by atoms with E-state index in [0.29, 0.717) is 12.2 Å². The van der Waals surface area contributed by atoms with Crippen LogP contribution in [0.25, 0.3) is 5.65 Å². The third-order valence-electron chi connectivity index (χ3n) is 5.20. The van der Waals surface area contributed by atoms with E-state index in [4.69, 9.17) is 4.74 Å². The van der Waals surface area contributed by atoms with E-state index in [-0.39, 0.29) is 35.2 Å². The second-order valence-electron chi connectivity index (χ2n) is 7.43. The SMILES string of the molecule is CCOC(=O)c1c[nH]n2c(=O)cc(CN(C)C(c3ccccc3)c3ccc(F)cc3)nc12. The Morgan fingerprint density at radius 1 is 1.16 bits per heavy atom. The highest BCUT2D eigenvalue weighted by molar-refractivity contribution is 5.95. The van der Waals surface area contributed by atoms with Crippen molar-refractivity contribution < 1.29 is 13.9 Å². The molecule has 32 heavy (non-hydrogen) atoms. The van der Waals surface area contributed by atoms with Crippen molar-refractivity contribution in [3.05, 3.63) is 105 Å². The number of hydrogen-bond acceptors (Lipinski definition) is 5. The molecule has 2 aromatic carbocycles. The third kappa shape index (κ3) is 4.31. The van der Waals surface area contributed by atoms with Crippen LogP contribution in [0.1, 0.15) is 40.1 Å². The first-order chi connectivity index (χ1) is 15.5. The molecule has 0 saturated heterocycles. The normalized spacial score (nSPS) is 12.2. The van der Waals surface area contributed by atoms with Gasteiger partial charge in [0.2, 0.25) is 0 Å². The zero-order valence-electron chi connectivity index (χ0n) is 17.8. The van der Waals surface area contributed by atoms with Crippen LogP contribution >= 0.6 is 0 Å². The van der Waals surface area contributed by atoms with E-state index in [2.05, 4.69) is 10.1 Å². The summed E-state index contributed by atoms with van der Waals surface area (Å²) in [6.07, 6.45) is 1.42. The average molecular weight is 434 g/mol. The minimum absolute atomic E-state index is 0.187. The number of carbonyl (C=O) groups excluding carboxylic acids is 1. The van der Waals surface area contributed by atoms with Gasteiger partial charge in [-0.25, -0.2) is 18.7 Å². The molecule has 1 unspecified atom stereocenters. The molecule has 4 rings (SSSR count). The van der Waals surface area contributed by atoms with Crippen LogP contribution in [0, 0.1) is 5.82 Å². The van der Waals surface area contributed by atoms with Gasteiger partial charge in [0.25, 0.3) is 5.56 Å². The monoisotopic (exact) mass is 434 g/mol. The highest BCUT2D eigenvalue weighted by atomic mass is 19.1. The van der Waals surface area contributed by atoms with Gasteiger partial charge in [-0.1, -0.05) is 42.5 Å². The number of H-pyrrole nitrogens is 1. The maximum absolute atomic E-state index is 13.5. The maximum atomic E-state index is 13.5. The van der Waals surface area contributed by atoms with Gasteiger partial charge < -0.3 is 4.74 Å². The van der Waals surface area contributed by atoms with Crippen LogP contribution in [-0.4, -0.2) is 39.1 Å². The number of hydrogen-bond donors (Lipinski definition) is 1. The predicted octanol–water partition coefficient (Wildman–Crippen LogP) is 3.56. The third-order valence-corrected chi connectivity index (χ3v) is 5.20. The number of aromatic nitrogens is 3. The summed E-state index contributed by atoms with van der Waals surface area (Å²) in [5, 5.41) is 2.75. The Bertz CT molecular complexity index is 1280. The molecule has 0 fully saturated rings. The van der Waals surface area contributed by atoms with Gasteiger partial charge in [-0.2, -0.15) is 0 Å². The van der Waals surface area contributed by atoms with Crippen molar-refractivity contribution in [3.8, 4) is 0 Å². The summed E-state index contributed by atoms with van der Waals surface area (Å²) < 4.78 is 19.8. The van der Waals surface area contributed by atoms with Crippen LogP contribution in [0.2, 0.25) is 0 Å². The van der Waals surface area contributed by atoms with Gasteiger partial charge >= 0.3 is 5.97 Å². The van der Waals surface area contributed by atoms with Crippen LogP contribution < -0.4 is 5.56 Å². The second kappa shape index (κ2) is 9.15. The van der Waals surface area contributed by atoms with Gasteiger partial charge in [-0.3, -0.25) is 14.8 Å². The van der Waals surface area contributed by atoms with Crippen molar-refractivity contribution in [1.82, 2.24) is 19.5 Å². The lowest BCUT2D eigenvalue weighted by atomic mass is 9.97. The standard InChI is InChI=1S/C24H23FN4O3/c1-3-32-24(31)20-14-26-29-21(30)13-19(27-23(20)29)15-28(2)22(16-7-5-4-6-8-16)17-9-11-18(25)12-10-17/h4-14,22,26H,3,15H2,1-2H3. The van der Waals surface area contributed by atoms with E-state index in [1.807, 2.05) is 42.3 Å². The number of fused-ring (bicyclic) bond motifs is 1. The molecule has 0 radical (unpaired) electrons. The van der Waals surface area contributed by atoms with E-state index in [0.717, 1.165) is 11.1 Å². The van der Waals surface area contributed by atoms with Crippen LogP contribution in [-0.2, 0) is 11.3 Å². The van der Waals surface area contributed by atoms with Gasteiger partial charge in [0.15, 0.2) is 5.65 Å². The molecule has 2 aromatic heterocycles. The summed E-state index contributed by atoms with van der Waals surface area (Å²) in [6.45, 7) is 2.27. The summed E-state index contributed by atoms with van der Waals surface area (Å²) in [6, 6.07) is 17.4. The molecule has 0 spiro atoms. The summed E-state index contributed by atoms with van der Waals surface area (Å²) in [5.41, 5.74) is 2.53. The number of esters is 1. The van der Waals surface area contributed by atoms with Crippen LogP contribution in [0.15, 0.2) is 71.7 Å². The molecule has 0 amide bonds. The molecule has 0 saturated carbocycles. The number of benzene rings is 2. The molecular weight excluding hydrogens is 411 g/mol. The van der Waals surface area contributed by atoms with Crippen LogP contribution in [0.5, 0.6) is 0 Å². The highest BCUT2D eigenvalue weighted by Gasteiger charge is 2.22. The summed E-state index contributed by atoms with van der Waals surface area (Å²) in [5.74, 6) is -0.848. The van der Waals surface area contributed by atoms with Crippen molar-refractivity contribution in [1.29, 1.82) is 0 Å². The molecule has 1 N–H and O–H groups in total. The summed E-state index contributed by atoms with van der Waals surface area (Å²) in [4.78, 5) is 31.4. The molecule has 1 atom stereocenters. The Balaban J connectivity index is 1.71. The Kier molecular flexibility index (Phi) is 6.13. The summed E-state index contributed by atoms with van der Waals surface area (Å²) >= 11 is 0. The Morgan fingerprint density at radius 2 is 1.84 bits per heavy atom. The number of halogens is 1. The van der Waals surface area contributed by atoms with E-state index >= 15 is 0 Å². The van der Waals surface area contributed by atoms with Crippen molar-refractivity contribution >= 4 is 11.6 Å². The van der Waals surface area contributed by atoms with Crippen molar-refractivity contribution in [2.45, 2.75) is 19.5 Å². The summed E-state index contributed by atoms with van der Waals surface area (Å²) in [7, 11) is 1.91. The largest absolute Gasteiger partial charge is 0.462 e. The first kappa shape index (κ1) is 21.5. The van der Waals surface area contributed by atoms with Crippen LogP contribution in [0.4, 0.5) is 4.39 Å². The van der Waals surface area contributed by atoms with E-state index in [1.165, 1.54) is 28.9 Å². The molecule has 164 valence electrons. The van der Waals surface area contributed by atoms with E-state index in [9.17, 15) is 14.0 Å². The minimum atomic E-state index is -0.544. The fourth-order valence-electron chi connectivity index (χ4n) is 3.80. The van der Waals surface area contributed by atoms with Gasteiger partial charge in [-0.05, 0) is 37.2 Å². The molecule has 0 aliphatic heterocycles. The van der Waals surface area contributed by atoms with Gasteiger partial charge in [0.1, 0.15) is 11.4 Å². The molecule has 8 heteroatoms. The lowest BCUT2D eigenvalue weighted by Crippen LogP contribution is -2.27. The number of nitrogens with one attached hydrogen (secondary N) is 1. The van der Waals surface area contributed by atoms with Crippen molar-refractivity contribution in [2.24, 2.45) is 0 Å². The topological polar surface area (TPSA) is 79.7 Å². The predicted molar refractivity (Wildman–Crippen MR) is 118 cm³/mol. The fraction of sp³-hybridized carbons (Fsp3) is 0.208. The van der Waals surface area contributed by atoms with Gasteiger partial charge in [0.05, 0.1) is 18.3 Å². The Labute approximate surface area is 184 Å². The smallest absolute Gasteiger partial charge is 0.343 e. The molecule has 0 aliphatic rings. The van der Waals surface area contributed by atoms with Gasteiger partial charge in [0, 0.05) is 18.8 Å². The number of ether oxygens (including phenoxy) is 1. The number of nitrogens with zero attached hydrogens (tertiary/aromatic N) is 3.